The summed E-state index contributed by atoms with van der Waals surface area (Å²) >= 11 is 5.79. The van der Waals surface area contributed by atoms with Gasteiger partial charge in [-0.25, -0.2) is 4.98 Å². The summed E-state index contributed by atoms with van der Waals surface area (Å²) in [4.78, 5) is 14.3. The Balaban J connectivity index is 2.19. The minimum atomic E-state index is -0.484. The van der Waals surface area contributed by atoms with Crippen molar-refractivity contribution in [3.63, 3.8) is 0 Å². The second-order valence-corrected chi connectivity index (χ2v) is 4.65. The first-order valence-corrected chi connectivity index (χ1v) is 6.88. The summed E-state index contributed by atoms with van der Waals surface area (Å²) in [5.41, 5.74) is 5.85. The number of rotatable bonds is 8. The van der Waals surface area contributed by atoms with Gasteiger partial charge in [0.05, 0.1) is 29.9 Å². The van der Waals surface area contributed by atoms with Crippen LogP contribution in [0.15, 0.2) is 30.7 Å². The highest BCUT2D eigenvalue weighted by Gasteiger charge is 2.13. The molecule has 0 saturated carbocycles. The lowest BCUT2D eigenvalue weighted by molar-refractivity contribution is -0.384. The van der Waals surface area contributed by atoms with Gasteiger partial charge in [0.1, 0.15) is 23.8 Å². The molecule has 2 rings (SSSR count). The zero-order valence-electron chi connectivity index (χ0n) is 11.6. The number of hydrogen-bond acceptors (Lipinski definition) is 6. The molecular weight excluding hydrogens is 312 g/mol. The van der Waals surface area contributed by atoms with Crippen molar-refractivity contribution in [1.82, 2.24) is 9.55 Å². The number of nitro benzene ring substituents is 1. The molecule has 0 aliphatic rings. The quantitative estimate of drug-likeness (QED) is 0.450. The average Bonchev–Trinajstić information content (AvgIpc) is 2.93. The smallest absolute Gasteiger partial charge is 0.273 e. The number of nitrogens with zero attached hydrogens (tertiary/aromatic N) is 3. The van der Waals surface area contributed by atoms with Crippen molar-refractivity contribution in [2.24, 2.45) is 5.73 Å². The average molecular weight is 327 g/mol. The van der Waals surface area contributed by atoms with Crippen molar-refractivity contribution >= 4 is 17.3 Å². The Morgan fingerprint density at radius 3 is 2.82 bits per heavy atom. The van der Waals surface area contributed by atoms with Crippen LogP contribution in [0.2, 0.25) is 5.15 Å². The summed E-state index contributed by atoms with van der Waals surface area (Å²) in [6.07, 6.45) is 3.09. The Morgan fingerprint density at radius 2 is 2.18 bits per heavy atom. The lowest BCUT2D eigenvalue weighted by Gasteiger charge is -2.12. The number of imidazole rings is 1. The molecule has 9 heteroatoms. The Kier molecular flexibility index (Phi) is 5.70. The van der Waals surface area contributed by atoms with Crippen molar-refractivity contribution in [2.75, 3.05) is 26.4 Å². The molecule has 0 amide bonds. The van der Waals surface area contributed by atoms with E-state index in [0.717, 1.165) is 0 Å². The van der Waals surface area contributed by atoms with E-state index in [1.165, 1.54) is 18.5 Å². The van der Waals surface area contributed by atoms with Crippen LogP contribution in [0.4, 0.5) is 5.69 Å². The van der Waals surface area contributed by atoms with Crippen LogP contribution in [0.25, 0.3) is 5.69 Å². The molecule has 1 aromatic heterocycles. The number of hydrogen-bond donors (Lipinski definition) is 1. The van der Waals surface area contributed by atoms with Gasteiger partial charge < -0.3 is 19.8 Å². The molecule has 1 aromatic carbocycles. The molecule has 0 unspecified atom stereocenters. The molecule has 118 valence electrons. The minimum Gasteiger partial charge on any atom is -0.489 e. The van der Waals surface area contributed by atoms with Crippen molar-refractivity contribution in [1.29, 1.82) is 0 Å². The summed E-state index contributed by atoms with van der Waals surface area (Å²) in [6.45, 7) is 1.44. The molecule has 0 saturated heterocycles. The second kappa shape index (κ2) is 7.74. The third-order valence-electron chi connectivity index (χ3n) is 2.73. The lowest BCUT2D eigenvalue weighted by Crippen LogP contribution is -2.13. The van der Waals surface area contributed by atoms with E-state index < -0.39 is 4.92 Å². The predicted molar refractivity (Wildman–Crippen MR) is 80.6 cm³/mol. The largest absolute Gasteiger partial charge is 0.489 e. The number of benzene rings is 1. The van der Waals surface area contributed by atoms with Crippen molar-refractivity contribution in [3.05, 3.63) is 46.0 Å². The van der Waals surface area contributed by atoms with Crippen LogP contribution in [0.1, 0.15) is 0 Å². The van der Waals surface area contributed by atoms with Crippen LogP contribution in [0.5, 0.6) is 5.75 Å². The zero-order chi connectivity index (χ0) is 15.9. The molecular formula is C13H15ClN4O4. The van der Waals surface area contributed by atoms with Gasteiger partial charge in [0.2, 0.25) is 0 Å². The fourth-order valence-corrected chi connectivity index (χ4v) is 1.92. The first-order chi connectivity index (χ1) is 10.6. The first kappa shape index (κ1) is 16.2. The standard InChI is InChI=1S/C13H15ClN4O4/c14-13-8-17(9-16-13)11-2-1-10(18(19)20)7-12(11)22-6-5-21-4-3-15/h1-2,7-9H,3-6,15H2. The molecule has 0 bridgehead atoms. The van der Waals surface area contributed by atoms with E-state index in [1.807, 2.05) is 0 Å². The fourth-order valence-electron chi connectivity index (χ4n) is 1.77. The number of non-ortho nitro benzene ring substituents is 1. The number of ether oxygens (including phenoxy) is 2. The van der Waals surface area contributed by atoms with Gasteiger partial charge in [0.15, 0.2) is 0 Å². The van der Waals surface area contributed by atoms with Gasteiger partial charge in [-0.15, -0.1) is 0 Å². The van der Waals surface area contributed by atoms with E-state index in [-0.39, 0.29) is 12.3 Å². The Morgan fingerprint density at radius 1 is 1.36 bits per heavy atom. The molecule has 2 aromatic rings. The van der Waals surface area contributed by atoms with E-state index >= 15 is 0 Å². The highest BCUT2D eigenvalue weighted by Crippen LogP contribution is 2.28. The van der Waals surface area contributed by atoms with Gasteiger partial charge in [-0.2, -0.15) is 0 Å². The van der Waals surface area contributed by atoms with Gasteiger partial charge in [0.25, 0.3) is 5.69 Å². The molecule has 0 radical (unpaired) electrons. The molecule has 8 nitrogen and oxygen atoms in total. The molecule has 2 N–H and O–H groups in total. The number of aromatic nitrogens is 2. The van der Waals surface area contributed by atoms with Crippen molar-refractivity contribution in [3.8, 4) is 11.4 Å². The van der Waals surface area contributed by atoms with E-state index in [0.29, 0.717) is 36.3 Å². The summed E-state index contributed by atoms with van der Waals surface area (Å²) in [6, 6.07) is 4.32. The Labute approximate surface area is 131 Å². The lowest BCUT2D eigenvalue weighted by atomic mass is 10.2. The molecule has 0 spiro atoms. The maximum atomic E-state index is 10.9. The normalized spacial score (nSPS) is 10.6. The van der Waals surface area contributed by atoms with Gasteiger partial charge >= 0.3 is 0 Å². The number of nitro groups is 1. The van der Waals surface area contributed by atoms with Crippen LogP contribution in [-0.4, -0.2) is 40.8 Å². The molecule has 0 fully saturated rings. The molecule has 1 heterocycles. The molecule has 0 aliphatic heterocycles. The monoisotopic (exact) mass is 326 g/mol. The topological polar surface area (TPSA) is 105 Å². The van der Waals surface area contributed by atoms with E-state index in [4.69, 9.17) is 26.8 Å². The second-order valence-electron chi connectivity index (χ2n) is 4.26. The molecule has 0 aliphatic carbocycles. The number of nitrogens with two attached hydrogens (primary N) is 1. The van der Waals surface area contributed by atoms with Crippen LogP contribution in [-0.2, 0) is 4.74 Å². The van der Waals surface area contributed by atoms with Gasteiger partial charge in [0, 0.05) is 18.8 Å². The third-order valence-corrected chi connectivity index (χ3v) is 2.93. The third kappa shape index (κ3) is 4.17. The number of halogens is 1. The summed E-state index contributed by atoms with van der Waals surface area (Å²) in [7, 11) is 0. The highest BCUT2D eigenvalue weighted by molar-refractivity contribution is 6.29. The van der Waals surface area contributed by atoms with Crippen LogP contribution >= 0.6 is 11.6 Å². The predicted octanol–water partition coefficient (Wildman–Crippen LogP) is 1.79. The molecule has 22 heavy (non-hydrogen) atoms. The van der Waals surface area contributed by atoms with Gasteiger partial charge in [-0.1, -0.05) is 11.6 Å². The first-order valence-electron chi connectivity index (χ1n) is 6.50. The fraction of sp³-hybridized carbons (Fsp3) is 0.308. The van der Waals surface area contributed by atoms with Crippen molar-refractivity contribution in [2.45, 2.75) is 0 Å². The zero-order valence-corrected chi connectivity index (χ0v) is 12.4. The minimum absolute atomic E-state index is 0.0622. The van der Waals surface area contributed by atoms with E-state index in [1.54, 1.807) is 16.8 Å². The summed E-state index contributed by atoms with van der Waals surface area (Å²) in [5.74, 6) is 0.347. The summed E-state index contributed by atoms with van der Waals surface area (Å²) < 4.78 is 12.4. The van der Waals surface area contributed by atoms with Gasteiger partial charge in [-0.3, -0.25) is 10.1 Å². The maximum absolute atomic E-state index is 10.9. The van der Waals surface area contributed by atoms with Gasteiger partial charge in [-0.05, 0) is 6.07 Å². The van der Waals surface area contributed by atoms with Crippen molar-refractivity contribution < 1.29 is 14.4 Å². The van der Waals surface area contributed by atoms with Crippen LogP contribution in [0.3, 0.4) is 0 Å². The van der Waals surface area contributed by atoms with Crippen LogP contribution in [0, 0.1) is 10.1 Å². The Hall–Kier alpha value is -2.16. The van der Waals surface area contributed by atoms with E-state index in [9.17, 15) is 10.1 Å². The van der Waals surface area contributed by atoms with E-state index in [2.05, 4.69) is 4.98 Å². The highest BCUT2D eigenvalue weighted by atomic mass is 35.5. The Bertz CT molecular complexity index is 647. The SMILES string of the molecule is NCCOCCOc1cc([N+](=O)[O-])ccc1-n1cnc(Cl)c1. The summed E-state index contributed by atoms with van der Waals surface area (Å²) in [5, 5.41) is 11.2. The molecule has 0 atom stereocenters. The maximum Gasteiger partial charge on any atom is 0.273 e. The van der Waals surface area contributed by atoms with Crippen LogP contribution < -0.4 is 10.5 Å².